The molecule has 0 aliphatic heterocycles. The first kappa shape index (κ1) is 20.6. The summed E-state index contributed by atoms with van der Waals surface area (Å²) in [7, 11) is 1.60. The van der Waals surface area contributed by atoms with Gasteiger partial charge in [0.15, 0.2) is 0 Å². The molecule has 1 heterocycles. The summed E-state index contributed by atoms with van der Waals surface area (Å²) in [5.41, 5.74) is 0.833. The Bertz CT molecular complexity index is 862. The highest BCUT2D eigenvalue weighted by atomic mass is 16.3. The van der Waals surface area contributed by atoms with Gasteiger partial charge in [-0.2, -0.15) is 5.26 Å². The van der Waals surface area contributed by atoms with Crippen LogP contribution in [0.1, 0.15) is 47.4 Å². The molecule has 0 atom stereocenters. The third-order valence-electron chi connectivity index (χ3n) is 5.23. The summed E-state index contributed by atoms with van der Waals surface area (Å²) in [4.78, 5) is 26.4. The maximum absolute atomic E-state index is 12.7. The average molecular weight is 394 g/mol. The van der Waals surface area contributed by atoms with Crippen LogP contribution in [0.5, 0.6) is 0 Å². The molecule has 3 rings (SSSR count). The molecule has 2 aromatic rings. The van der Waals surface area contributed by atoms with Crippen LogP contribution in [0.25, 0.3) is 0 Å². The Morgan fingerprint density at radius 3 is 2.48 bits per heavy atom. The Balaban J connectivity index is 1.68. The van der Waals surface area contributed by atoms with Crippen molar-refractivity contribution >= 4 is 11.8 Å². The summed E-state index contributed by atoms with van der Waals surface area (Å²) < 4.78 is 5.44. The molecule has 1 aromatic carbocycles. The molecule has 0 spiro atoms. The molecule has 152 valence electrons. The molecule has 1 aromatic heterocycles. The van der Waals surface area contributed by atoms with Crippen LogP contribution in [-0.2, 0) is 17.9 Å². The van der Waals surface area contributed by atoms with Crippen molar-refractivity contribution in [1.29, 1.82) is 5.26 Å². The molecule has 2 amide bonds. The summed E-state index contributed by atoms with van der Waals surface area (Å²) >= 11 is 0. The Morgan fingerprint density at radius 1 is 1.17 bits per heavy atom. The highest BCUT2D eigenvalue weighted by Crippen LogP contribution is 2.28. The molecular formula is C22H26N4O3. The molecule has 1 aliphatic rings. The van der Waals surface area contributed by atoms with E-state index in [-0.39, 0.29) is 18.4 Å². The number of carbonyl (C=O) groups excluding carboxylic acids is 2. The molecule has 1 aliphatic carbocycles. The fourth-order valence-corrected chi connectivity index (χ4v) is 3.71. The minimum Gasteiger partial charge on any atom is -0.468 e. The minimum atomic E-state index is -0.734. The third-order valence-corrected chi connectivity index (χ3v) is 5.23. The van der Waals surface area contributed by atoms with E-state index in [0.717, 1.165) is 24.2 Å². The topological polar surface area (TPSA) is 98.4 Å². The van der Waals surface area contributed by atoms with Crippen LogP contribution in [0.15, 0.2) is 47.1 Å². The van der Waals surface area contributed by atoms with Crippen molar-refractivity contribution in [2.45, 2.75) is 44.3 Å². The maximum Gasteiger partial charge on any atom is 0.251 e. The van der Waals surface area contributed by atoms with Gasteiger partial charge in [0, 0.05) is 19.2 Å². The van der Waals surface area contributed by atoms with E-state index in [4.69, 9.17) is 4.42 Å². The average Bonchev–Trinajstić information content (AvgIpc) is 3.40. The van der Waals surface area contributed by atoms with Gasteiger partial charge in [-0.05, 0) is 55.5 Å². The summed E-state index contributed by atoms with van der Waals surface area (Å²) in [6.07, 6.45) is 4.93. The van der Waals surface area contributed by atoms with E-state index in [1.54, 1.807) is 25.4 Å². The summed E-state index contributed by atoms with van der Waals surface area (Å²) in [5.74, 6) is 0.458. The number of amides is 2. The quantitative estimate of drug-likeness (QED) is 0.717. The van der Waals surface area contributed by atoms with Gasteiger partial charge in [-0.1, -0.05) is 12.1 Å². The van der Waals surface area contributed by atoms with Crippen molar-refractivity contribution in [3.63, 3.8) is 0 Å². The molecule has 0 radical (unpaired) electrons. The molecule has 7 heteroatoms. The lowest BCUT2D eigenvalue weighted by molar-refractivity contribution is -0.123. The zero-order chi connectivity index (χ0) is 20.7. The summed E-state index contributed by atoms with van der Waals surface area (Å²) in [6.45, 7) is 1.14. The van der Waals surface area contributed by atoms with E-state index in [1.807, 2.05) is 29.2 Å². The summed E-state index contributed by atoms with van der Waals surface area (Å²) in [6, 6.07) is 13.3. The van der Waals surface area contributed by atoms with E-state index < -0.39 is 5.54 Å². The first-order valence-corrected chi connectivity index (χ1v) is 9.81. The van der Waals surface area contributed by atoms with E-state index in [0.29, 0.717) is 31.5 Å². The van der Waals surface area contributed by atoms with Crippen LogP contribution in [-0.4, -0.2) is 35.8 Å². The Morgan fingerprint density at radius 2 is 1.90 bits per heavy atom. The second-order valence-electron chi connectivity index (χ2n) is 7.45. The molecule has 0 bridgehead atoms. The maximum atomic E-state index is 12.7. The van der Waals surface area contributed by atoms with Crippen LogP contribution in [0.2, 0.25) is 0 Å². The fraction of sp³-hybridized carbons (Fsp3) is 0.409. The van der Waals surface area contributed by atoms with Crippen molar-refractivity contribution in [2.75, 3.05) is 13.6 Å². The Hall–Kier alpha value is -3.11. The van der Waals surface area contributed by atoms with E-state index in [9.17, 15) is 14.9 Å². The van der Waals surface area contributed by atoms with E-state index in [1.165, 1.54) is 0 Å². The van der Waals surface area contributed by atoms with Gasteiger partial charge in [0.25, 0.3) is 5.91 Å². The second kappa shape index (κ2) is 9.39. The lowest BCUT2D eigenvalue weighted by Crippen LogP contribution is -2.48. The molecule has 7 nitrogen and oxygen atoms in total. The molecule has 0 unspecified atom stereocenters. The highest BCUT2D eigenvalue weighted by Gasteiger charge is 2.35. The number of hydrogen-bond donors (Lipinski definition) is 2. The molecule has 0 saturated heterocycles. The fourth-order valence-electron chi connectivity index (χ4n) is 3.71. The molecule has 1 fully saturated rings. The predicted octanol–water partition coefficient (Wildman–Crippen LogP) is 2.59. The Kier molecular flexibility index (Phi) is 6.68. The van der Waals surface area contributed by atoms with Gasteiger partial charge in [0.2, 0.25) is 5.91 Å². The van der Waals surface area contributed by atoms with Gasteiger partial charge >= 0.3 is 0 Å². The van der Waals surface area contributed by atoms with Gasteiger partial charge < -0.3 is 15.1 Å². The van der Waals surface area contributed by atoms with Crippen molar-refractivity contribution in [1.82, 2.24) is 15.5 Å². The van der Waals surface area contributed by atoms with Crippen LogP contribution in [0.4, 0.5) is 0 Å². The number of nitrogens with zero attached hydrogens (tertiary/aromatic N) is 2. The Labute approximate surface area is 170 Å². The van der Waals surface area contributed by atoms with Gasteiger partial charge in [-0.15, -0.1) is 0 Å². The zero-order valence-corrected chi connectivity index (χ0v) is 16.6. The van der Waals surface area contributed by atoms with Crippen LogP contribution in [0.3, 0.4) is 0 Å². The highest BCUT2D eigenvalue weighted by molar-refractivity contribution is 5.93. The molecule has 2 N–H and O–H groups in total. The normalized spacial score (nSPS) is 15.1. The van der Waals surface area contributed by atoms with Crippen LogP contribution in [0, 0.1) is 11.3 Å². The monoisotopic (exact) mass is 394 g/mol. The van der Waals surface area contributed by atoms with Crippen molar-refractivity contribution in [2.24, 2.45) is 0 Å². The lowest BCUT2D eigenvalue weighted by Gasteiger charge is -2.26. The van der Waals surface area contributed by atoms with Crippen molar-refractivity contribution in [3.8, 4) is 6.07 Å². The number of furan rings is 1. The lowest BCUT2D eigenvalue weighted by atomic mass is 10.00. The van der Waals surface area contributed by atoms with Crippen molar-refractivity contribution < 1.29 is 14.0 Å². The van der Waals surface area contributed by atoms with Crippen LogP contribution < -0.4 is 10.6 Å². The minimum absolute atomic E-state index is 0.137. The van der Waals surface area contributed by atoms with Crippen LogP contribution >= 0.6 is 0 Å². The second-order valence-corrected chi connectivity index (χ2v) is 7.45. The first-order valence-electron chi connectivity index (χ1n) is 9.81. The third kappa shape index (κ3) is 5.46. The van der Waals surface area contributed by atoms with E-state index in [2.05, 4.69) is 16.7 Å². The number of nitriles is 1. The standard InChI is InChI=1S/C22H26N4O3/c1-24-21(28)18-8-6-17(7-9-18)13-26(14-19-5-4-12-29-19)15-20(27)25-22(16-23)10-2-3-11-22/h4-9,12H,2-3,10-11,13-15H2,1H3,(H,24,28)(H,25,27). The number of nitrogens with one attached hydrogen (secondary N) is 2. The number of hydrogen-bond acceptors (Lipinski definition) is 5. The molecule has 1 saturated carbocycles. The van der Waals surface area contributed by atoms with Gasteiger partial charge in [0.1, 0.15) is 11.3 Å². The van der Waals surface area contributed by atoms with Gasteiger partial charge in [0.05, 0.1) is 25.4 Å². The predicted molar refractivity (Wildman–Crippen MR) is 108 cm³/mol. The molecular weight excluding hydrogens is 368 g/mol. The first-order chi connectivity index (χ1) is 14.0. The van der Waals surface area contributed by atoms with Crippen molar-refractivity contribution in [3.05, 3.63) is 59.5 Å². The van der Waals surface area contributed by atoms with Gasteiger partial charge in [-0.3, -0.25) is 14.5 Å². The number of benzene rings is 1. The summed E-state index contributed by atoms with van der Waals surface area (Å²) in [5, 5.41) is 15.1. The molecule has 29 heavy (non-hydrogen) atoms. The SMILES string of the molecule is CNC(=O)c1ccc(CN(CC(=O)NC2(C#N)CCCC2)Cc2ccco2)cc1. The van der Waals surface area contributed by atoms with Gasteiger partial charge in [-0.25, -0.2) is 0 Å². The smallest absolute Gasteiger partial charge is 0.251 e. The number of carbonyl (C=O) groups is 2. The van der Waals surface area contributed by atoms with E-state index >= 15 is 0 Å². The largest absolute Gasteiger partial charge is 0.468 e. The zero-order valence-electron chi connectivity index (χ0n) is 16.6. The number of rotatable bonds is 8.